The highest BCUT2D eigenvalue weighted by Gasteiger charge is 2.30. The highest BCUT2D eigenvalue weighted by Crippen LogP contribution is 2.45. The summed E-state index contributed by atoms with van der Waals surface area (Å²) in [4.78, 5) is 73.0. The van der Waals surface area contributed by atoms with Gasteiger partial charge in [-0.3, -0.25) is 37.3 Å². The standard InChI is InChI=1S/C80H156O17P2/c1-7-10-12-14-16-18-20-21-22-23-27-33-39-45-51-57-63-78(83)91-69-76(96-79(84)64-58-52-46-40-34-28-25-24-26-32-37-43-49-55-61-73(6)9-3)71-95-99(88,89)93-67-74(81)66-92-98(86,87)94-70-75(68-90-77(82)62-56-50-44-38-30-19-17-15-13-11-8-2)97-80(85)65-59-53-47-41-35-29-31-36-42-48-54-60-72(4)5/h72-76,81H,7-71H2,1-6H3,(H,86,87)(H,88,89)/t73?,74-,75+,76+/m0/s1. The SMILES string of the molecule is CCCCCCCCCCCCCCCCCCC(=O)OC[C@H](COP(=O)(O)OC[C@@H](O)COP(=O)(O)OC[C@@H](COC(=O)CCCCCCCCCCCCC)OC(=O)CCCCCCCCCCCCCC(C)C)OC(=O)CCCCCCCCCCCCCCCCC(C)CC. The topological polar surface area (TPSA) is 237 Å². The minimum Gasteiger partial charge on any atom is -0.462 e. The first-order valence-electron chi connectivity index (χ1n) is 41.5. The van der Waals surface area contributed by atoms with Gasteiger partial charge >= 0.3 is 39.5 Å². The Bertz CT molecular complexity index is 1910. The number of hydrogen-bond donors (Lipinski definition) is 3. The first-order chi connectivity index (χ1) is 47.9. The molecule has 588 valence electrons. The van der Waals surface area contributed by atoms with E-state index in [9.17, 15) is 43.2 Å². The number of phosphoric ester groups is 2. The maximum absolute atomic E-state index is 13.1. The van der Waals surface area contributed by atoms with E-state index in [0.29, 0.717) is 25.7 Å². The molecular weight excluding hydrogens is 1290 g/mol. The van der Waals surface area contributed by atoms with Gasteiger partial charge < -0.3 is 33.8 Å². The molecule has 0 bridgehead atoms. The normalized spacial score (nSPS) is 14.2. The van der Waals surface area contributed by atoms with Crippen LogP contribution >= 0.6 is 15.6 Å². The van der Waals surface area contributed by atoms with Crippen LogP contribution in [0.25, 0.3) is 0 Å². The summed E-state index contributed by atoms with van der Waals surface area (Å²) in [5, 5.41) is 10.6. The predicted octanol–water partition coefficient (Wildman–Crippen LogP) is 23.9. The average molecular weight is 1450 g/mol. The lowest BCUT2D eigenvalue weighted by Gasteiger charge is -2.21. The fourth-order valence-electron chi connectivity index (χ4n) is 12.3. The Hall–Kier alpha value is -1.94. The molecule has 0 rings (SSSR count). The maximum Gasteiger partial charge on any atom is 0.472 e. The lowest BCUT2D eigenvalue weighted by atomic mass is 9.99. The van der Waals surface area contributed by atoms with E-state index in [1.165, 1.54) is 238 Å². The summed E-state index contributed by atoms with van der Waals surface area (Å²) in [6.07, 6.45) is 60.8. The first-order valence-corrected chi connectivity index (χ1v) is 44.5. The van der Waals surface area contributed by atoms with Gasteiger partial charge in [-0.15, -0.1) is 0 Å². The minimum atomic E-state index is -4.96. The van der Waals surface area contributed by atoms with Crippen LogP contribution in [0.5, 0.6) is 0 Å². The summed E-state index contributed by atoms with van der Waals surface area (Å²) >= 11 is 0. The number of ether oxygens (including phenoxy) is 4. The van der Waals surface area contributed by atoms with Crippen molar-refractivity contribution in [3.05, 3.63) is 0 Å². The molecular formula is C80H156O17P2. The number of phosphoric acid groups is 2. The number of aliphatic hydroxyl groups excluding tert-OH is 1. The number of carbonyl (C=O) groups is 4. The lowest BCUT2D eigenvalue weighted by Crippen LogP contribution is -2.30. The van der Waals surface area contributed by atoms with Crippen molar-refractivity contribution in [3.63, 3.8) is 0 Å². The third kappa shape index (κ3) is 72.8. The van der Waals surface area contributed by atoms with E-state index in [-0.39, 0.29) is 25.7 Å². The molecule has 6 atom stereocenters. The van der Waals surface area contributed by atoms with Crippen LogP contribution in [0, 0.1) is 11.8 Å². The molecule has 0 heterocycles. The van der Waals surface area contributed by atoms with Gasteiger partial charge in [0.15, 0.2) is 12.2 Å². The summed E-state index contributed by atoms with van der Waals surface area (Å²) < 4.78 is 68.7. The van der Waals surface area contributed by atoms with Gasteiger partial charge in [-0.05, 0) is 37.5 Å². The molecule has 99 heavy (non-hydrogen) atoms. The third-order valence-electron chi connectivity index (χ3n) is 19.1. The molecule has 0 radical (unpaired) electrons. The van der Waals surface area contributed by atoms with Crippen molar-refractivity contribution in [2.75, 3.05) is 39.6 Å². The van der Waals surface area contributed by atoms with Gasteiger partial charge in [-0.25, -0.2) is 9.13 Å². The third-order valence-corrected chi connectivity index (χ3v) is 21.0. The van der Waals surface area contributed by atoms with Crippen LogP contribution in [0.1, 0.15) is 420 Å². The number of rotatable bonds is 79. The number of unbranched alkanes of at least 4 members (excludes halogenated alkanes) is 48. The van der Waals surface area contributed by atoms with Gasteiger partial charge in [0.1, 0.15) is 19.3 Å². The summed E-state index contributed by atoms with van der Waals surface area (Å²) in [6, 6.07) is 0. The molecule has 3 unspecified atom stereocenters. The van der Waals surface area contributed by atoms with E-state index < -0.39 is 97.5 Å². The molecule has 0 spiro atoms. The summed E-state index contributed by atoms with van der Waals surface area (Å²) in [7, 11) is -9.92. The van der Waals surface area contributed by atoms with Crippen LogP contribution < -0.4 is 0 Å². The molecule has 0 saturated carbocycles. The van der Waals surface area contributed by atoms with Crippen LogP contribution in [-0.4, -0.2) is 96.7 Å². The van der Waals surface area contributed by atoms with Crippen molar-refractivity contribution in [2.24, 2.45) is 11.8 Å². The second-order valence-corrected chi connectivity index (χ2v) is 32.4. The Balaban J connectivity index is 5.26. The van der Waals surface area contributed by atoms with Crippen molar-refractivity contribution in [1.29, 1.82) is 0 Å². The Morgan fingerprint density at radius 2 is 0.515 bits per heavy atom. The molecule has 0 amide bonds. The summed E-state index contributed by atoms with van der Waals surface area (Å²) in [6.45, 7) is 9.69. The molecule has 0 aliphatic heterocycles. The second-order valence-electron chi connectivity index (χ2n) is 29.5. The minimum absolute atomic E-state index is 0.107. The molecule has 3 N–H and O–H groups in total. The van der Waals surface area contributed by atoms with Crippen molar-refractivity contribution in [2.45, 2.75) is 439 Å². The van der Waals surface area contributed by atoms with Crippen LogP contribution in [0.2, 0.25) is 0 Å². The molecule has 0 aromatic rings. The Morgan fingerprint density at radius 3 is 0.768 bits per heavy atom. The van der Waals surface area contributed by atoms with E-state index in [1.54, 1.807) is 0 Å². The largest absolute Gasteiger partial charge is 0.472 e. The van der Waals surface area contributed by atoms with E-state index in [0.717, 1.165) is 102 Å². The van der Waals surface area contributed by atoms with Crippen LogP contribution in [-0.2, 0) is 65.4 Å². The lowest BCUT2D eigenvalue weighted by molar-refractivity contribution is -0.161. The second kappa shape index (κ2) is 71.7. The van der Waals surface area contributed by atoms with Gasteiger partial charge in [0.2, 0.25) is 0 Å². The molecule has 0 saturated heterocycles. The zero-order valence-corrected chi connectivity index (χ0v) is 66.6. The van der Waals surface area contributed by atoms with Gasteiger partial charge in [0.25, 0.3) is 0 Å². The fourth-order valence-corrected chi connectivity index (χ4v) is 13.9. The smallest absolute Gasteiger partial charge is 0.462 e. The van der Waals surface area contributed by atoms with Crippen molar-refractivity contribution < 1.29 is 80.2 Å². The van der Waals surface area contributed by atoms with Crippen molar-refractivity contribution in [3.8, 4) is 0 Å². The van der Waals surface area contributed by atoms with Crippen molar-refractivity contribution in [1.82, 2.24) is 0 Å². The number of hydrogen-bond acceptors (Lipinski definition) is 15. The van der Waals surface area contributed by atoms with Crippen LogP contribution in [0.3, 0.4) is 0 Å². The zero-order valence-electron chi connectivity index (χ0n) is 64.8. The number of esters is 4. The number of aliphatic hydroxyl groups is 1. The fraction of sp³-hybridized carbons (Fsp3) is 0.950. The Morgan fingerprint density at radius 1 is 0.293 bits per heavy atom. The summed E-state index contributed by atoms with van der Waals surface area (Å²) in [5.74, 6) is -0.497. The average Bonchev–Trinajstić information content (AvgIpc) is 1.01. The predicted molar refractivity (Wildman–Crippen MR) is 405 cm³/mol. The maximum atomic E-state index is 13.1. The van der Waals surface area contributed by atoms with E-state index in [1.807, 2.05) is 0 Å². The van der Waals surface area contributed by atoms with Gasteiger partial charge in [-0.1, -0.05) is 369 Å². The quantitative estimate of drug-likeness (QED) is 0.0222. The van der Waals surface area contributed by atoms with Crippen LogP contribution in [0.4, 0.5) is 0 Å². The highest BCUT2D eigenvalue weighted by atomic mass is 31.2. The zero-order chi connectivity index (χ0) is 72.8. The highest BCUT2D eigenvalue weighted by molar-refractivity contribution is 7.47. The van der Waals surface area contributed by atoms with Gasteiger partial charge in [0.05, 0.1) is 26.4 Å². The van der Waals surface area contributed by atoms with E-state index >= 15 is 0 Å². The molecule has 17 nitrogen and oxygen atoms in total. The van der Waals surface area contributed by atoms with Crippen molar-refractivity contribution >= 4 is 39.5 Å². The molecule has 0 aliphatic rings. The van der Waals surface area contributed by atoms with E-state index in [2.05, 4.69) is 41.5 Å². The first kappa shape index (κ1) is 97.1. The molecule has 19 heteroatoms. The molecule has 0 aromatic carbocycles. The molecule has 0 aromatic heterocycles. The Labute approximate surface area is 607 Å². The van der Waals surface area contributed by atoms with E-state index in [4.69, 9.17) is 37.0 Å². The van der Waals surface area contributed by atoms with Gasteiger partial charge in [-0.2, -0.15) is 0 Å². The number of carbonyl (C=O) groups excluding carboxylic acids is 4. The molecule has 0 fully saturated rings. The monoisotopic (exact) mass is 1450 g/mol. The van der Waals surface area contributed by atoms with Crippen LogP contribution in [0.15, 0.2) is 0 Å². The summed E-state index contributed by atoms with van der Waals surface area (Å²) in [5.41, 5.74) is 0. The molecule has 0 aliphatic carbocycles. The van der Waals surface area contributed by atoms with Gasteiger partial charge in [0, 0.05) is 25.7 Å². The Kier molecular flexibility index (Phi) is 70.3.